The molecule has 0 aliphatic rings. The molecular formula is C7H5NPd. The van der Waals surface area contributed by atoms with E-state index in [9.17, 15) is 0 Å². The summed E-state index contributed by atoms with van der Waals surface area (Å²) in [6, 6.07) is 9.79. The van der Waals surface area contributed by atoms with Gasteiger partial charge in [-0.15, -0.1) is 0 Å². The van der Waals surface area contributed by atoms with Gasteiger partial charge in [-0.3, -0.25) is 0 Å². The fourth-order valence-electron chi connectivity index (χ4n) is 0.496. The summed E-state index contributed by atoms with van der Waals surface area (Å²) in [7, 11) is 0. The molecule has 2 heteroatoms. The van der Waals surface area contributed by atoms with E-state index in [1.807, 2.05) is 30.3 Å². The van der Waals surface area contributed by atoms with Crippen molar-refractivity contribution in [1.29, 1.82) is 5.26 Å². The predicted molar refractivity (Wildman–Crippen MR) is 31.7 cm³/mol. The van der Waals surface area contributed by atoms with Gasteiger partial charge < -0.3 is 0 Å². The molecule has 0 aliphatic carbocycles. The van der Waals surface area contributed by atoms with Crippen molar-refractivity contribution in [2.45, 2.75) is 0 Å². The summed E-state index contributed by atoms with van der Waals surface area (Å²) >= 11 is 0.115. The monoisotopic (exact) mass is 209 g/mol. The standard InChI is InChI=1S/C6H5.CN.Pd/c1-2-4-6-5-3-1;1-2;/h1-5H;;. The Morgan fingerprint density at radius 1 is 1.22 bits per heavy atom. The van der Waals surface area contributed by atoms with Gasteiger partial charge in [0.2, 0.25) is 0 Å². The second-order valence-electron chi connectivity index (χ2n) is 1.41. The summed E-state index contributed by atoms with van der Waals surface area (Å²) in [5.74, 6) is 0. The van der Waals surface area contributed by atoms with Crippen LogP contribution in [0.2, 0.25) is 0 Å². The molecule has 0 aliphatic heterocycles. The molecule has 0 saturated carbocycles. The van der Waals surface area contributed by atoms with Gasteiger partial charge in [0.25, 0.3) is 0 Å². The number of benzene rings is 1. The first-order valence-electron chi connectivity index (χ1n) is 2.45. The van der Waals surface area contributed by atoms with E-state index in [-0.39, 0.29) is 18.0 Å². The molecule has 0 N–H and O–H groups in total. The molecule has 9 heavy (non-hydrogen) atoms. The molecule has 1 aromatic rings. The Hall–Kier alpha value is -0.628. The van der Waals surface area contributed by atoms with Crippen LogP contribution in [0.3, 0.4) is 0 Å². The fraction of sp³-hybridized carbons (Fsp3) is 0. The van der Waals surface area contributed by atoms with Crippen LogP contribution in [0, 0.1) is 9.80 Å². The Bertz CT molecular complexity index is 212. The number of nitrogens with zero attached hydrogens (tertiary/aromatic N) is 1. The van der Waals surface area contributed by atoms with Crippen LogP contribution in [-0.4, -0.2) is 0 Å². The molecule has 0 heterocycles. The van der Waals surface area contributed by atoms with Crippen molar-refractivity contribution >= 4 is 4.04 Å². The third kappa shape index (κ3) is 1.98. The van der Waals surface area contributed by atoms with Crippen LogP contribution in [-0.2, 0) is 18.0 Å². The normalized spacial score (nSPS) is 8.78. The summed E-state index contributed by atoms with van der Waals surface area (Å²) in [5.41, 5.74) is 0. The molecule has 0 saturated heterocycles. The molecule has 0 atom stereocenters. The zero-order valence-electron chi connectivity index (χ0n) is 4.65. The topological polar surface area (TPSA) is 23.8 Å². The molecule has 48 valence electrons. The van der Waals surface area contributed by atoms with Crippen LogP contribution in [0.5, 0.6) is 0 Å². The van der Waals surface area contributed by atoms with Gasteiger partial charge in [-0.2, -0.15) is 0 Å². The number of hydrogen-bond donors (Lipinski definition) is 0. The van der Waals surface area contributed by atoms with E-state index in [0.29, 0.717) is 0 Å². The number of hydrogen-bond acceptors (Lipinski definition) is 1. The Morgan fingerprint density at radius 2 is 1.89 bits per heavy atom. The molecule has 0 bridgehead atoms. The van der Waals surface area contributed by atoms with Crippen molar-refractivity contribution in [3.8, 4) is 4.54 Å². The SMILES string of the molecule is N#[C][Pd][c]1ccccc1. The van der Waals surface area contributed by atoms with Crippen LogP contribution in [0.4, 0.5) is 0 Å². The molecule has 0 amide bonds. The van der Waals surface area contributed by atoms with E-state index in [1.165, 1.54) is 0 Å². The molecule has 1 nitrogen and oxygen atoms in total. The van der Waals surface area contributed by atoms with Crippen molar-refractivity contribution in [1.82, 2.24) is 0 Å². The van der Waals surface area contributed by atoms with Crippen LogP contribution < -0.4 is 4.04 Å². The maximum atomic E-state index is 8.29. The number of rotatable bonds is 1. The van der Waals surface area contributed by atoms with Crippen LogP contribution in [0.25, 0.3) is 0 Å². The zero-order chi connectivity index (χ0) is 6.53. The maximum absolute atomic E-state index is 8.29. The van der Waals surface area contributed by atoms with E-state index >= 15 is 0 Å². The molecule has 0 spiro atoms. The third-order valence-corrected chi connectivity index (χ3v) is 1.98. The van der Waals surface area contributed by atoms with Crippen molar-refractivity contribution in [3.63, 3.8) is 0 Å². The van der Waals surface area contributed by atoms with E-state index in [2.05, 4.69) is 4.54 Å². The van der Waals surface area contributed by atoms with Crippen molar-refractivity contribution in [2.24, 2.45) is 0 Å². The van der Waals surface area contributed by atoms with Gasteiger partial charge in [0.15, 0.2) is 0 Å². The Kier molecular flexibility index (Phi) is 2.46. The van der Waals surface area contributed by atoms with Gasteiger partial charge in [0.1, 0.15) is 0 Å². The first kappa shape index (κ1) is 6.49. The summed E-state index contributed by atoms with van der Waals surface area (Å²) in [5, 5.41) is 8.29. The van der Waals surface area contributed by atoms with Gasteiger partial charge in [0.05, 0.1) is 0 Å². The van der Waals surface area contributed by atoms with Crippen LogP contribution in [0.15, 0.2) is 30.3 Å². The van der Waals surface area contributed by atoms with Crippen LogP contribution >= 0.6 is 0 Å². The minimum absolute atomic E-state index is 0.115. The summed E-state index contributed by atoms with van der Waals surface area (Å²) in [4.78, 5) is 0. The van der Waals surface area contributed by atoms with Gasteiger partial charge in [-0.25, -0.2) is 0 Å². The fourth-order valence-corrected chi connectivity index (χ4v) is 1.26. The Balaban J connectivity index is 2.76. The van der Waals surface area contributed by atoms with Crippen molar-refractivity contribution in [2.75, 3.05) is 0 Å². The quantitative estimate of drug-likeness (QED) is 0.630. The summed E-state index contributed by atoms with van der Waals surface area (Å²) in [6.07, 6.45) is 0. The molecule has 1 aromatic carbocycles. The average Bonchev–Trinajstić information content (AvgIpc) is 1.91. The molecular weight excluding hydrogens is 205 g/mol. The van der Waals surface area contributed by atoms with E-state index in [0.717, 1.165) is 4.04 Å². The second kappa shape index (κ2) is 3.41. The molecule has 0 fully saturated rings. The van der Waals surface area contributed by atoms with Crippen LogP contribution in [0.1, 0.15) is 0 Å². The first-order valence-corrected chi connectivity index (χ1v) is 4.01. The zero-order valence-corrected chi connectivity index (χ0v) is 6.20. The second-order valence-corrected chi connectivity index (χ2v) is 3.04. The van der Waals surface area contributed by atoms with E-state index < -0.39 is 0 Å². The Labute approximate surface area is 62.5 Å². The van der Waals surface area contributed by atoms with E-state index in [4.69, 9.17) is 5.26 Å². The predicted octanol–water partition coefficient (Wildman–Crippen LogP) is 0.875. The third-order valence-electron chi connectivity index (χ3n) is 0.839. The molecule has 0 unspecified atom stereocenters. The molecule has 1 rings (SSSR count). The average molecular weight is 210 g/mol. The van der Waals surface area contributed by atoms with Crippen molar-refractivity contribution < 1.29 is 18.0 Å². The molecule has 0 aromatic heterocycles. The van der Waals surface area contributed by atoms with Gasteiger partial charge >= 0.3 is 62.2 Å². The minimum atomic E-state index is 0.115. The van der Waals surface area contributed by atoms with Gasteiger partial charge in [-0.1, -0.05) is 0 Å². The van der Waals surface area contributed by atoms with Gasteiger partial charge in [-0.05, 0) is 0 Å². The van der Waals surface area contributed by atoms with Gasteiger partial charge in [0, 0.05) is 0 Å². The van der Waals surface area contributed by atoms with E-state index in [1.54, 1.807) is 0 Å². The first-order chi connectivity index (χ1) is 4.43. The summed E-state index contributed by atoms with van der Waals surface area (Å²) in [6.45, 7) is 0. The number of nitriles is 1. The Morgan fingerprint density at radius 3 is 2.44 bits per heavy atom. The molecule has 0 radical (unpaired) electrons. The summed E-state index contributed by atoms with van der Waals surface area (Å²) < 4.78 is 3.27. The van der Waals surface area contributed by atoms with Crippen molar-refractivity contribution in [3.05, 3.63) is 30.3 Å².